The van der Waals surface area contributed by atoms with Crippen molar-refractivity contribution < 1.29 is 0 Å². The Labute approximate surface area is 97.0 Å². The van der Waals surface area contributed by atoms with Crippen LogP contribution in [0.2, 0.25) is 0 Å². The average Bonchev–Trinajstić information content (AvgIpc) is 2.48. The Bertz CT molecular complexity index is 462. The molecular weight excluding hydrogens is 254 g/mol. The predicted molar refractivity (Wildman–Crippen MR) is 64.6 cm³/mol. The van der Waals surface area contributed by atoms with E-state index in [0.717, 1.165) is 10.2 Å². The van der Waals surface area contributed by atoms with E-state index in [4.69, 9.17) is 5.73 Å². The highest BCUT2D eigenvalue weighted by atomic mass is 79.9. The van der Waals surface area contributed by atoms with Crippen molar-refractivity contribution in [2.45, 2.75) is 13.5 Å². The van der Waals surface area contributed by atoms with Gasteiger partial charge in [-0.3, -0.25) is 0 Å². The molecule has 0 aliphatic carbocycles. The molecule has 0 aliphatic heterocycles. The quantitative estimate of drug-likeness (QED) is 0.907. The van der Waals surface area contributed by atoms with Crippen LogP contribution >= 0.6 is 15.9 Å². The number of nitrogen functional groups attached to an aromatic ring is 1. The summed E-state index contributed by atoms with van der Waals surface area (Å²) in [6, 6.07) is 10.1. The minimum absolute atomic E-state index is 0.677. The first-order valence-corrected chi connectivity index (χ1v) is 5.50. The summed E-state index contributed by atoms with van der Waals surface area (Å²) < 4.78 is 2.69. The molecule has 0 bridgehead atoms. The van der Waals surface area contributed by atoms with Crippen molar-refractivity contribution in [2.24, 2.45) is 0 Å². The second-order valence-corrected chi connectivity index (χ2v) is 4.22. The normalized spacial score (nSPS) is 10.5. The number of hydrogen-bond acceptors (Lipinski definition) is 2. The second kappa shape index (κ2) is 4.06. The van der Waals surface area contributed by atoms with Gasteiger partial charge >= 0.3 is 0 Å². The van der Waals surface area contributed by atoms with Gasteiger partial charge in [0.05, 0.1) is 16.7 Å². The van der Waals surface area contributed by atoms with E-state index in [2.05, 4.69) is 33.2 Å². The van der Waals surface area contributed by atoms with Crippen LogP contribution in [0.3, 0.4) is 0 Å². The minimum atomic E-state index is 0.677. The number of nitrogens with two attached hydrogens (primary N) is 1. The third-order valence-electron chi connectivity index (χ3n) is 2.27. The van der Waals surface area contributed by atoms with Crippen molar-refractivity contribution in [3.63, 3.8) is 0 Å². The van der Waals surface area contributed by atoms with Crippen molar-refractivity contribution in [1.29, 1.82) is 0 Å². The topological polar surface area (TPSA) is 43.8 Å². The third-order valence-corrected chi connectivity index (χ3v) is 3.25. The molecule has 1 heterocycles. The Kier molecular flexibility index (Phi) is 2.77. The lowest BCUT2D eigenvalue weighted by atomic mass is 10.2. The molecule has 2 aromatic rings. The Morgan fingerprint density at radius 3 is 2.53 bits per heavy atom. The highest BCUT2D eigenvalue weighted by molar-refractivity contribution is 9.10. The number of rotatable bonds is 2. The fraction of sp³-hybridized carbons (Fsp3) is 0.182. The lowest BCUT2D eigenvalue weighted by Gasteiger charge is -2.03. The van der Waals surface area contributed by atoms with Gasteiger partial charge in [-0.25, -0.2) is 4.68 Å². The molecule has 0 amide bonds. The first kappa shape index (κ1) is 10.2. The molecule has 0 unspecified atom stereocenters. The van der Waals surface area contributed by atoms with Gasteiger partial charge < -0.3 is 5.73 Å². The van der Waals surface area contributed by atoms with Crippen molar-refractivity contribution in [2.75, 3.05) is 5.73 Å². The summed E-state index contributed by atoms with van der Waals surface area (Å²) in [6.45, 7) is 2.64. The number of nitrogens with zero attached hydrogens (tertiary/aromatic N) is 2. The number of anilines is 1. The number of aryl methyl sites for hydroxylation is 1. The SMILES string of the molecule is Cc1nn(Cc2ccccc2)c(N)c1Br. The highest BCUT2D eigenvalue weighted by Gasteiger charge is 2.09. The molecule has 2 N–H and O–H groups in total. The highest BCUT2D eigenvalue weighted by Crippen LogP contribution is 2.23. The summed E-state index contributed by atoms with van der Waals surface area (Å²) >= 11 is 3.40. The van der Waals surface area contributed by atoms with Crippen LogP contribution in [0.5, 0.6) is 0 Å². The fourth-order valence-electron chi connectivity index (χ4n) is 1.45. The Morgan fingerprint density at radius 1 is 1.33 bits per heavy atom. The van der Waals surface area contributed by atoms with E-state index in [9.17, 15) is 0 Å². The molecule has 78 valence electrons. The van der Waals surface area contributed by atoms with Gasteiger partial charge in [0.25, 0.3) is 0 Å². The second-order valence-electron chi connectivity index (χ2n) is 3.43. The monoisotopic (exact) mass is 265 g/mol. The van der Waals surface area contributed by atoms with Gasteiger partial charge in [-0.15, -0.1) is 0 Å². The van der Waals surface area contributed by atoms with Gasteiger partial charge in [0.15, 0.2) is 0 Å². The first-order chi connectivity index (χ1) is 7.18. The fourth-order valence-corrected chi connectivity index (χ4v) is 1.74. The first-order valence-electron chi connectivity index (χ1n) is 4.71. The molecule has 0 fully saturated rings. The Balaban J connectivity index is 2.29. The summed E-state index contributed by atoms with van der Waals surface area (Å²) in [6.07, 6.45) is 0. The van der Waals surface area contributed by atoms with Crippen LogP contribution in [-0.2, 0) is 6.54 Å². The number of hydrogen-bond donors (Lipinski definition) is 1. The van der Waals surface area contributed by atoms with Crippen molar-refractivity contribution in [3.8, 4) is 0 Å². The average molecular weight is 266 g/mol. The van der Waals surface area contributed by atoms with E-state index in [1.165, 1.54) is 5.56 Å². The minimum Gasteiger partial charge on any atom is -0.383 e. The van der Waals surface area contributed by atoms with Crippen LogP contribution < -0.4 is 5.73 Å². The van der Waals surface area contributed by atoms with Crippen LogP contribution in [0, 0.1) is 6.92 Å². The molecular formula is C11H12BrN3. The summed E-state index contributed by atoms with van der Waals surface area (Å²) in [5.41, 5.74) is 8.02. The molecule has 0 aliphatic rings. The molecule has 0 saturated heterocycles. The van der Waals surface area contributed by atoms with E-state index in [-0.39, 0.29) is 0 Å². The predicted octanol–water partition coefficient (Wildman–Crippen LogP) is 2.58. The van der Waals surface area contributed by atoms with E-state index in [1.54, 1.807) is 4.68 Å². The summed E-state index contributed by atoms with van der Waals surface area (Å²) in [5.74, 6) is 0.677. The van der Waals surface area contributed by atoms with E-state index in [1.807, 2.05) is 25.1 Å². The van der Waals surface area contributed by atoms with Gasteiger partial charge in [-0.1, -0.05) is 30.3 Å². The lowest BCUT2D eigenvalue weighted by molar-refractivity contribution is 0.689. The van der Waals surface area contributed by atoms with Gasteiger partial charge in [-0.05, 0) is 28.4 Å². The molecule has 3 nitrogen and oxygen atoms in total. The lowest BCUT2D eigenvalue weighted by Crippen LogP contribution is -2.05. The molecule has 0 saturated carbocycles. The van der Waals surface area contributed by atoms with Gasteiger partial charge in [0.1, 0.15) is 5.82 Å². The number of aromatic nitrogens is 2. The van der Waals surface area contributed by atoms with E-state index >= 15 is 0 Å². The Morgan fingerprint density at radius 2 is 2.00 bits per heavy atom. The maximum absolute atomic E-state index is 5.90. The zero-order chi connectivity index (χ0) is 10.8. The molecule has 2 rings (SSSR count). The zero-order valence-corrected chi connectivity index (χ0v) is 10.0. The van der Waals surface area contributed by atoms with Gasteiger partial charge in [-0.2, -0.15) is 5.10 Å². The molecule has 4 heteroatoms. The molecule has 0 atom stereocenters. The van der Waals surface area contributed by atoms with Crippen LogP contribution in [0.1, 0.15) is 11.3 Å². The van der Waals surface area contributed by atoms with Gasteiger partial charge in [0.2, 0.25) is 0 Å². The summed E-state index contributed by atoms with van der Waals surface area (Å²) in [5, 5.41) is 4.35. The van der Waals surface area contributed by atoms with Crippen LogP contribution in [-0.4, -0.2) is 9.78 Å². The van der Waals surface area contributed by atoms with Gasteiger partial charge in [0, 0.05) is 0 Å². The number of benzene rings is 1. The number of halogens is 1. The molecule has 15 heavy (non-hydrogen) atoms. The standard InChI is InChI=1S/C11H12BrN3/c1-8-10(12)11(13)15(14-8)7-9-5-3-2-4-6-9/h2-6H,7,13H2,1H3. The summed E-state index contributed by atoms with van der Waals surface area (Å²) in [4.78, 5) is 0. The van der Waals surface area contributed by atoms with E-state index in [0.29, 0.717) is 12.4 Å². The smallest absolute Gasteiger partial charge is 0.136 e. The maximum Gasteiger partial charge on any atom is 0.136 e. The van der Waals surface area contributed by atoms with E-state index < -0.39 is 0 Å². The van der Waals surface area contributed by atoms with Crippen LogP contribution in [0.15, 0.2) is 34.8 Å². The largest absolute Gasteiger partial charge is 0.383 e. The molecule has 0 spiro atoms. The van der Waals surface area contributed by atoms with Crippen LogP contribution in [0.4, 0.5) is 5.82 Å². The van der Waals surface area contributed by atoms with Crippen LogP contribution in [0.25, 0.3) is 0 Å². The van der Waals surface area contributed by atoms with Crippen molar-refractivity contribution in [3.05, 3.63) is 46.1 Å². The molecule has 0 radical (unpaired) electrons. The maximum atomic E-state index is 5.90. The van der Waals surface area contributed by atoms with Crippen molar-refractivity contribution >= 4 is 21.7 Å². The molecule has 1 aromatic heterocycles. The summed E-state index contributed by atoms with van der Waals surface area (Å²) in [7, 11) is 0. The van der Waals surface area contributed by atoms with Crippen molar-refractivity contribution in [1.82, 2.24) is 9.78 Å². The Hall–Kier alpha value is -1.29. The zero-order valence-electron chi connectivity index (χ0n) is 8.44. The third kappa shape index (κ3) is 2.04. The molecule has 1 aromatic carbocycles.